The van der Waals surface area contributed by atoms with Crippen molar-refractivity contribution in [3.05, 3.63) is 37.1 Å². The van der Waals surface area contributed by atoms with E-state index in [9.17, 15) is 0 Å². The lowest BCUT2D eigenvalue weighted by Gasteiger charge is -2.16. The lowest BCUT2D eigenvalue weighted by atomic mass is 10.2. The van der Waals surface area contributed by atoms with Crippen molar-refractivity contribution >= 4 is 39.5 Å². The SMILES string of the molecule is N[C@@H]1CCN(c2cnc(Nc3ncc4c5ccncc5n(C5CCCC5)c4n3)cn2)C1. The fourth-order valence-electron chi connectivity index (χ4n) is 4.92. The van der Waals surface area contributed by atoms with Gasteiger partial charge in [-0.15, -0.1) is 0 Å². The molecule has 6 rings (SSSR count). The zero-order chi connectivity index (χ0) is 20.8. The summed E-state index contributed by atoms with van der Waals surface area (Å²) in [4.78, 5) is 25.0. The molecule has 0 spiro atoms. The highest BCUT2D eigenvalue weighted by Gasteiger charge is 2.23. The predicted octanol–water partition coefficient (Wildman–Crippen LogP) is 3.17. The number of fused-ring (bicyclic) bond motifs is 3. The lowest BCUT2D eigenvalue weighted by molar-refractivity contribution is 0.546. The van der Waals surface area contributed by atoms with Crippen molar-refractivity contribution in [1.82, 2.24) is 29.5 Å². The molecule has 9 nitrogen and oxygen atoms in total. The van der Waals surface area contributed by atoms with E-state index in [-0.39, 0.29) is 6.04 Å². The van der Waals surface area contributed by atoms with Crippen molar-refractivity contribution in [2.45, 2.75) is 44.2 Å². The second-order valence-corrected chi connectivity index (χ2v) is 8.51. The van der Waals surface area contributed by atoms with E-state index in [2.05, 4.69) is 34.7 Å². The van der Waals surface area contributed by atoms with Gasteiger partial charge in [0, 0.05) is 48.3 Å². The first-order chi connectivity index (χ1) is 15.3. The van der Waals surface area contributed by atoms with E-state index in [1.807, 2.05) is 24.7 Å². The third-order valence-electron chi connectivity index (χ3n) is 6.46. The van der Waals surface area contributed by atoms with E-state index in [0.717, 1.165) is 47.3 Å². The quantitative estimate of drug-likeness (QED) is 0.523. The van der Waals surface area contributed by atoms with Crippen LogP contribution in [-0.2, 0) is 0 Å². The molecule has 0 radical (unpaired) electrons. The van der Waals surface area contributed by atoms with Gasteiger partial charge >= 0.3 is 0 Å². The van der Waals surface area contributed by atoms with E-state index in [4.69, 9.17) is 10.7 Å². The maximum absolute atomic E-state index is 6.00. The van der Waals surface area contributed by atoms with Crippen molar-refractivity contribution in [2.75, 3.05) is 23.3 Å². The average Bonchev–Trinajstić information content (AvgIpc) is 3.53. The monoisotopic (exact) mass is 415 g/mol. The molecule has 4 aromatic heterocycles. The number of pyridine rings is 1. The molecule has 0 amide bonds. The Morgan fingerprint density at radius 1 is 0.968 bits per heavy atom. The van der Waals surface area contributed by atoms with E-state index in [1.165, 1.54) is 25.7 Å². The van der Waals surface area contributed by atoms with Crippen LogP contribution in [0.25, 0.3) is 21.9 Å². The molecule has 9 heteroatoms. The molecule has 1 aliphatic heterocycles. The number of nitrogens with two attached hydrogens (primary N) is 1. The number of nitrogens with one attached hydrogen (secondary N) is 1. The Kier molecular flexibility index (Phi) is 4.41. The maximum Gasteiger partial charge on any atom is 0.230 e. The number of aromatic nitrogens is 6. The van der Waals surface area contributed by atoms with Gasteiger partial charge in [-0.1, -0.05) is 12.8 Å². The van der Waals surface area contributed by atoms with E-state index >= 15 is 0 Å². The Hall–Kier alpha value is -3.33. The molecule has 0 unspecified atom stereocenters. The predicted molar refractivity (Wildman–Crippen MR) is 120 cm³/mol. The zero-order valence-electron chi connectivity index (χ0n) is 17.3. The molecule has 3 N–H and O–H groups in total. The van der Waals surface area contributed by atoms with Crippen molar-refractivity contribution < 1.29 is 0 Å². The second-order valence-electron chi connectivity index (χ2n) is 8.51. The third kappa shape index (κ3) is 3.25. The molecule has 4 aromatic rings. The van der Waals surface area contributed by atoms with Crippen LogP contribution in [0.4, 0.5) is 17.6 Å². The highest BCUT2D eigenvalue weighted by Crippen LogP contribution is 2.37. The zero-order valence-corrected chi connectivity index (χ0v) is 17.3. The molecular formula is C22H25N9. The summed E-state index contributed by atoms with van der Waals surface area (Å²) in [7, 11) is 0. The first-order valence-electron chi connectivity index (χ1n) is 11.0. The molecule has 1 saturated carbocycles. The number of hydrogen-bond acceptors (Lipinski definition) is 8. The lowest BCUT2D eigenvalue weighted by Crippen LogP contribution is -2.26. The molecule has 1 aliphatic carbocycles. The largest absolute Gasteiger partial charge is 0.354 e. The summed E-state index contributed by atoms with van der Waals surface area (Å²) in [6.45, 7) is 1.74. The summed E-state index contributed by atoms with van der Waals surface area (Å²) >= 11 is 0. The van der Waals surface area contributed by atoms with Crippen LogP contribution in [-0.4, -0.2) is 48.6 Å². The Bertz CT molecular complexity index is 1230. The molecule has 31 heavy (non-hydrogen) atoms. The molecule has 0 aromatic carbocycles. The van der Waals surface area contributed by atoms with Crippen molar-refractivity contribution in [3.63, 3.8) is 0 Å². The van der Waals surface area contributed by atoms with Crippen molar-refractivity contribution in [1.29, 1.82) is 0 Å². The third-order valence-corrected chi connectivity index (χ3v) is 6.46. The van der Waals surface area contributed by atoms with Gasteiger partial charge in [0.05, 0.1) is 24.1 Å². The number of nitrogens with zero attached hydrogens (tertiary/aromatic N) is 7. The highest BCUT2D eigenvalue weighted by molar-refractivity contribution is 6.06. The van der Waals surface area contributed by atoms with Crippen LogP contribution in [0.5, 0.6) is 0 Å². The topological polar surface area (TPSA) is 111 Å². The Labute approximate surface area is 179 Å². The first kappa shape index (κ1) is 18.4. The van der Waals surface area contributed by atoms with Crippen LogP contribution >= 0.6 is 0 Å². The number of hydrogen-bond donors (Lipinski definition) is 2. The van der Waals surface area contributed by atoms with Gasteiger partial charge in [0.2, 0.25) is 5.95 Å². The van der Waals surface area contributed by atoms with Crippen LogP contribution in [0.15, 0.2) is 37.1 Å². The van der Waals surface area contributed by atoms with Crippen LogP contribution < -0.4 is 16.0 Å². The number of rotatable bonds is 4. The molecule has 2 aliphatic rings. The first-order valence-corrected chi connectivity index (χ1v) is 11.0. The van der Waals surface area contributed by atoms with Gasteiger partial charge in [-0.05, 0) is 25.3 Å². The van der Waals surface area contributed by atoms with E-state index in [1.54, 1.807) is 12.4 Å². The molecule has 5 heterocycles. The van der Waals surface area contributed by atoms with Crippen LogP contribution in [0, 0.1) is 0 Å². The molecule has 1 saturated heterocycles. The molecule has 1 atom stereocenters. The molecule has 158 valence electrons. The van der Waals surface area contributed by atoms with Crippen molar-refractivity contribution in [2.24, 2.45) is 5.73 Å². The maximum atomic E-state index is 6.00. The summed E-state index contributed by atoms with van der Waals surface area (Å²) in [6.07, 6.45) is 15.0. The minimum absolute atomic E-state index is 0.210. The standard InChI is InChI=1S/C22H25N9/c23-14-6-8-30(13-14)20-12-25-19(11-26-20)28-22-27-9-17-16-5-7-24-10-18(16)31(21(17)29-22)15-3-1-2-4-15/h5,7,9-12,14-15H,1-4,6,8,13,23H2,(H,25,27,28,29)/t14-/m1/s1. The van der Waals surface area contributed by atoms with Gasteiger partial charge in [-0.25, -0.2) is 15.0 Å². The molecule has 0 bridgehead atoms. The Balaban J connectivity index is 1.33. The fraction of sp³-hybridized carbons (Fsp3) is 0.409. The van der Waals surface area contributed by atoms with Gasteiger partial charge in [0.25, 0.3) is 0 Å². The summed E-state index contributed by atoms with van der Waals surface area (Å²) in [5, 5.41) is 5.42. The van der Waals surface area contributed by atoms with Gasteiger partial charge in [0.1, 0.15) is 11.5 Å². The summed E-state index contributed by atoms with van der Waals surface area (Å²) in [5.74, 6) is 1.99. The van der Waals surface area contributed by atoms with E-state index < -0.39 is 0 Å². The highest BCUT2D eigenvalue weighted by atomic mass is 15.2. The summed E-state index contributed by atoms with van der Waals surface area (Å²) < 4.78 is 2.35. The average molecular weight is 416 g/mol. The smallest absolute Gasteiger partial charge is 0.230 e. The van der Waals surface area contributed by atoms with Crippen LogP contribution in [0.2, 0.25) is 0 Å². The van der Waals surface area contributed by atoms with E-state index in [0.29, 0.717) is 17.8 Å². The summed E-state index contributed by atoms with van der Waals surface area (Å²) in [5.41, 5.74) is 8.08. The van der Waals surface area contributed by atoms with Gasteiger partial charge < -0.3 is 20.5 Å². The van der Waals surface area contributed by atoms with Crippen LogP contribution in [0.1, 0.15) is 38.1 Å². The molecule has 2 fully saturated rings. The normalized spacial score (nSPS) is 19.6. The van der Waals surface area contributed by atoms with Gasteiger partial charge in [0.15, 0.2) is 5.82 Å². The van der Waals surface area contributed by atoms with Crippen LogP contribution in [0.3, 0.4) is 0 Å². The minimum Gasteiger partial charge on any atom is -0.354 e. The fourth-order valence-corrected chi connectivity index (χ4v) is 4.92. The van der Waals surface area contributed by atoms with Gasteiger partial charge in [-0.2, -0.15) is 4.98 Å². The van der Waals surface area contributed by atoms with Crippen molar-refractivity contribution in [3.8, 4) is 0 Å². The Morgan fingerprint density at radius 2 is 1.87 bits per heavy atom. The Morgan fingerprint density at radius 3 is 2.65 bits per heavy atom. The minimum atomic E-state index is 0.210. The second kappa shape index (κ2) is 7.42. The summed E-state index contributed by atoms with van der Waals surface area (Å²) in [6, 6.07) is 2.72. The number of anilines is 3. The molecular weight excluding hydrogens is 390 g/mol. The van der Waals surface area contributed by atoms with Gasteiger partial charge in [-0.3, -0.25) is 4.98 Å².